The predicted octanol–water partition coefficient (Wildman–Crippen LogP) is 5.63. The number of nitrogens with zero attached hydrogens (tertiary/aromatic N) is 3. The van der Waals surface area contributed by atoms with Gasteiger partial charge in [-0.15, -0.1) is 0 Å². The lowest BCUT2D eigenvalue weighted by molar-refractivity contribution is 0.0322. The summed E-state index contributed by atoms with van der Waals surface area (Å²) in [6, 6.07) is 24.4. The highest BCUT2D eigenvalue weighted by Gasteiger charge is 2.22. The van der Waals surface area contributed by atoms with Gasteiger partial charge in [0.15, 0.2) is 0 Å². The zero-order valence-corrected chi connectivity index (χ0v) is 24.3. The number of methoxy groups -OCH3 is 1. The molecule has 41 heavy (non-hydrogen) atoms. The quantitative estimate of drug-likeness (QED) is 0.358. The maximum atomic E-state index is 13.8. The Morgan fingerprint density at radius 3 is 2.39 bits per heavy atom. The van der Waals surface area contributed by atoms with Crippen LogP contribution in [-0.4, -0.2) is 75.4 Å². The lowest BCUT2D eigenvalue weighted by atomic mass is 10.1. The Morgan fingerprint density at radius 1 is 0.805 bits per heavy atom. The van der Waals surface area contributed by atoms with Gasteiger partial charge in [-0.05, 0) is 66.9 Å². The van der Waals surface area contributed by atoms with Gasteiger partial charge in [0.25, 0.3) is 5.91 Å². The molecule has 0 bridgehead atoms. The second-order valence-electron chi connectivity index (χ2n) is 10.9. The molecule has 2 aliphatic heterocycles. The number of rotatable bonds is 8. The zero-order valence-electron chi connectivity index (χ0n) is 24.3. The van der Waals surface area contributed by atoms with Crippen LogP contribution in [0.1, 0.15) is 47.2 Å². The summed E-state index contributed by atoms with van der Waals surface area (Å²) in [7, 11) is 1.63. The first-order chi connectivity index (χ1) is 20.2. The summed E-state index contributed by atoms with van der Waals surface area (Å²) >= 11 is 0. The van der Waals surface area contributed by atoms with Gasteiger partial charge in [0.05, 0.1) is 20.3 Å². The minimum absolute atomic E-state index is 0.0198. The second kappa shape index (κ2) is 15.0. The number of ether oxygens (including phenoxy) is 3. The highest BCUT2D eigenvalue weighted by atomic mass is 16.5. The summed E-state index contributed by atoms with van der Waals surface area (Å²) in [6.45, 7) is 8.57. The van der Waals surface area contributed by atoms with E-state index in [0.717, 1.165) is 89.6 Å². The van der Waals surface area contributed by atoms with Crippen molar-refractivity contribution in [3.05, 3.63) is 89.5 Å². The van der Waals surface area contributed by atoms with E-state index in [0.29, 0.717) is 24.5 Å². The van der Waals surface area contributed by atoms with E-state index in [1.807, 2.05) is 35.2 Å². The maximum Gasteiger partial charge on any atom is 0.258 e. The number of amides is 1. The molecular formula is C34H43N3O4. The van der Waals surface area contributed by atoms with Crippen LogP contribution in [0.25, 0.3) is 0 Å². The van der Waals surface area contributed by atoms with Crippen molar-refractivity contribution in [2.24, 2.45) is 0 Å². The fraction of sp³-hybridized carbons (Fsp3) is 0.441. The Hall–Kier alpha value is -3.39. The highest BCUT2D eigenvalue weighted by molar-refractivity contribution is 6.06. The van der Waals surface area contributed by atoms with Crippen molar-refractivity contribution in [3.63, 3.8) is 0 Å². The number of carbonyl (C=O) groups is 1. The number of anilines is 1. The molecule has 0 aliphatic carbocycles. The summed E-state index contributed by atoms with van der Waals surface area (Å²) in [5, 5.41) is 0. The van der Waals surface area contributed by atoms with Gasteiger partial charge < -0.3 is 19.1 Å². The van der Waals surface area contributed by atoms with Crippen LogP contribution in [0.15, 0.2) is 72.8 Å². The number of morpholine rings is 1. The zero-order chi connectivity index (χ0) is 28.3. The molecule has 5 rings (SSSR count). The summed E-state index contributed by atoms with van der Waals surface area (Å²) in [4.78, 5) is 20.6. The fourth-order valence-corrected chi connectivity index (χ4v) is 5.63. The lowest BCUT2D eigenvalue weighted by Gasteiger charge is -2.28. The van der Waals surface area contributed by atoms with Crippen molar-refractivity contribution in [1.29, 1.82) is 0 Å². The van der Waals surface area contributed by atoms with Crippen molar-refractivity contribution < 1.29 is 19.0 Å². The third-order valence-electron chi connectivity index (χ3n) is 7.95. The van der Waals surface area contributed by atoms with Gasteiger partial charge in [-0.3, -0.25) is 14.6 Å². The first-order valence-corrected chi connectivity index (χ1v) is 15.0. The van der Waals surface area contributed by atoms with Gasteiger partial charge in [0.2, 0.25) is 0 Å². The van der Waals surface area contributed by atoms with Gasteiger partial charge in [0.1, 0.15) is 18.1 Å². The van der Waals surface area contributed by atoms with Gasteiger partial charge in [-0.2, -0.15) is 0 Å². The molecule has 1 amide bonds. The van der Waals surface area contributed by atoms with Crippen LogP contribution in [0, 0.1) is 0 Å². The third-order valence-corrected chi connectivity index (χ3v) is 7.95. The molecule has 7 heteroatoms. The molecule has 0 atom stereocenters. The minimum Gasteiger partial charge on any atom is -0.497 e. The Balaban J connectivity index is 1.27. The van der Waals surface area contributed by atoms with Crippen LogP contribution in [0.5, 0.6) is 11.5 Å². The second-order valence-corrected chi connectivity index (χ2v) is 10.9. The Labute approximate surface area is 244 Å². The Morgan fingerprint density at radius 2 is 1.59 bits per heavy atom. The van der Waals surface area contributed by atoms with Crippen molar-refractivity contribution in [1.82, 2.24) is 9.80 Å². The molecule has 0 unspecified atom stereocenters. The van der Waals surface area contributed by atoms with Gasteiger partial charge in [-0.1, -0.05) is 49.2 Å². The van der Waals surface area contributed by atoms with Crippen LogP contribution in [0.2, 0.25) is 0 Å². The van der Waals surface area contributed by atoms with E-state index < -0.39 is 0 Å². The average Bonchev–Trinajstić information content (AvgIpc) is 3.06. The van der Waals surface area contributed by atoms with E-state index in [9.17, 15) is 4.79 Å². The third kappa shape index (κ3) is 8.32. The molecule has 2 aliphatic rings. The van der Waals surface area contributed by atoms with Crippen molar-refractivity contribution >= 4 is 11.6 Å². The summed E-state index contributed by atoms with van der Waals surface area (Å²) in [6.07, 6.45) is 4.39. The molecule has 0 spiro atoms. The Kier molecular flexibility index (Phi) is 10.7. The fourth-order valence-electron chi connectivity index (χ4n) is 5.63. The predicted molar refractivity (Wildman–Crippen MR) is 163 cm³/mol. The van der Waals surface area contributed by atoms with Crippen molar-refractivity contribution in [2.75, 3.05) is 64.6 Å². The molecule has 0 N–H and O–H groups in total. The molecule has 0 saturated carbocycles. The van der Waals surface area contributed by atoms with E-state index in [-0.39, 0.29) is 5.91 Å². The molecular weight excluding hydrogens is 514 g/mol. The van der Waals surface area contributed by atoms with E-state index in [1.165, 1.54) is 11.1 Å². The maximum absolute atomic E-state index is 13.8. The van der Waals surface area contributed by atoms with Gasteiger partial charge >= 0.3 is 0 Å². The number of carbonyl (C=O) groups excluding carboxylic acids is 1. The Bertz CT molecular complexity index is 1240. The van der Waals surface area contributed by atoms with E-state index in [2.05, 4.69) is 52.3 Å². The van der Waals surface area contributed by atoms with Gasteiger partial charge in [0, 0.05) is 50.5 Å². The molecule has 0 radical (unpaired) electrons. The van der Waals surface area contributed by atoms with Crippen molar-refractivity contribution in [2.45, 2.75) is 38.8 Å². The van der Waals surface area contributed by atoms with Crippen LogP contribution in [-0.2, 0) is 17.8 Å². The number of para-hydroxylation sites is 1. The number of hydrogen-bond acceptors (Lipinski definition) is 6. The number of fused-ring (bicyclic) bond motifs is 1. The molecule has 7 nitrogen and oxygen atoms in total. The normalized spacial score (nSPS) is 17.3. The van der Waals surface area contributed by atoms with Crippen LogP contribution >= 0.6 is 0 Å². The number of benzene rings is 3. The molecule has 3 aromatic rings. The lowest BCUT2D eigenvalue weighted by Crippen LogP contribution is -2.38. The van der Waals surface area contributed by atoms with Crippen molar-refractivity contribution in [3.8, 4) is 11.5 Å². The topological polar surface area (TPSA) is 54.5 Å². The molecule has 0 aromatic heterocycles. The standard InChI is InChI=1S/C34H43N3O4/c1-39-32-11-8-10-29(25-32)34(38)37-18-7-3-2-6-17-36(27-30-9-4-5-12-33(30)37)26-28-13-15-31(16-14-28)41-24-21-35-19-22-40-23-20-35/h4-5,8-16,25H,2-3,6-7,17-24,26-27H2,1H3. The highest BCUT2D eigenvalue weighted by Crippen LogP contribution is 2.27. The summed E-state index contributed by atoms with van der Waals surface area (Å²) in [5.41, 5.74) is 4.09. The molecule has 3 aromatic carbocycles. The molecule has 1 saturated heterocycles. The smallest absolute Gasteiger partial charge is 0.258 e. The largest absolute Gasteiger partial charge is 0.497 e. The molecule has 218 valence electrons. The SMILES string of the molecule is COc1cccc(C(=O)N2CCCCCCN(Cc3ccc(OCCN4CCOCC4)cc3)Cc3ccccc32)c1. The van der Waals surface area contributed by atoms with Crippen LogP contribution < -0.4 is 14.4 Å². The van der Waals surface area contributed by atoms with E-state index in [4.69, 9.17) is 14.2 Å². The number of hydrogen-bond donors (Lipinski definition) is 0. The average molecular weight is 558 g/mol. The summed E-state index contributed by atoms with van der Waals surface area (Å²) in [5.74, 6) is 1.63. The summed E-state index contributed by atoms with van der Waals surface area (Å²) < 4.78 is 16.8. The van der Waals surface area contributed by atoms with E-state index in [1.54, 1.807) is 7.11 Å². The molecule has 2 heterocycles. The minimum atomic E-state index is 0.0198. The monoisotopic (exact) mass is 557 g/mol. The van der Waals surface area contributed by atoms with Gasteiger partial charge in [-0.25, -0.2) is 0 Å². The first kappa shape index (κ1) is 29.1. The van der Waals surface area contributed by atoms with Crippen LogP contribution in [0.4, 0.5) is 5.69 Å². The van der Waals surface area contributed by atoms with Crippen LogP contribution in [0.3, 0.4) is 0 Å². The molecule has 1 fully saturated rings. The van der Waals surface area contributed by atoms with E-state index >= 15 is 0 Å². The first-order valence-electron chi connectivity index (χ1n) is 15.0.